The van der Waals surface area contributed by atoms with Gasteiger partial charge < -0.3 is 4.90 Å². The topological polar surface area (TPSA) is 20.3 Å². The number of carbonyl (C=O) groups is 1. The van der Waals surface area contributed by atoms with Gasteiger partial charge in [-0.05, 0) is 31.7 Å². The van der Waals surface area contributed by atoms with Gasteiger partial charge in [-0.15, -0.1) is 11.6 Å². The smallest absolute Gasteiger partial charge is 0.227 e. The molecule has 1 saturated heterocycles. The molecule has 0 aromatic heterocycles. The van der Waals surface area contributed by atoms with Crippen molar-refractivity contribution >= 4 is 17.5 Å². The summed E-state index contributed by atoms with van der Waals surface area (Å²) in [6, 6.07) is 8.39. The van der Waals surface area contributed by atoms with Gasteiger partial charge in [-0.25, -0.2) is 0 Å². The van der Waals surface area contributed by atoms with E-state index >= 15 is 0 Å². The molecular weight excluding hydrogens is 246 g/mol. The number of carbonyl (C=O) groups excluding carboxylic acids is 1. The number of aryl methyl sites for hydroxylation is 1. The van der Waals surface area contributed by atoms with Gasteiger partial charge >= 0.3 is 0 Å². The highest BCUT2D eigenvalue weighted by atomic mass is 35.5. The third kappa shape index (κ3) is 3.26. The van der Waals surface area contributed by atoms with Crippen LogP contribution in [-0.4, -0.2) is 29.3 Å². The fourth-order valence-electron chi connectivity index (χ4n) is 2.59. The monoisotopic (exact) mass is 265 g/mol. The molecule has 1 aromatic carbocycles. The molecular formula is C15H20ClNO. The van der Waals surface area contributed by atoms with Crippen LogP contribution in [0.25, 0.3) is 0 Å². The number of hydrogen-bond donors (Lipinski definition) is 0. The Bertz CT molecular complexity index is 419. The van der Waals surface area contributed by atoms with Gasteiger partial charge in [-0.1, -0.05) is 29.8 Å². The van der Waals surface area contributed by atoms with Crippen molar-refractivity contribution in [1.29, 1.82) is 0 Å². The standard InChI is InChI=1S/C15H20ClNO/c1-12-5-4-6-13(9-12)10-15(18)17-8-3-2-7-14(17)11-16/h4-6,9,14H,2-3,7-8,10-11H2,1H3. The molecule has 3 heteroatoms. The van der Waals surface area contributed by atoms with Crippen molar-refractivity contribution < 1.29 is 4.79 Å². The van der Waals surface area contributed by atoms with E-state index in [9.17, 15) is 4.79 Å². The Morgan fingerprint density at radius 3 is 3.00 bits per heavy atom. The molecule has 1 atom stereocenters. The van der Waals surface area contributed by atoms with Crippen molar-refractivity contribution in [1.82, 2.24) is 4.90 Å². The molecule has 1 amide bonds. The Morgan fingerprint density at radius 1 is 1.44 bits per heavy atom. The molecule has 1 aromatic rings. The van der Waals surface area contributed by atoms with Crippen molar-refractivity contribution in [3.8, 4) is 0 Å². The average molecular weight is 266 g/mol. The van der Waals surface area contributed by atoms with Gasteiger partial charge in [0.25, 0.3) is 0 Å². The molecule has 1 aliphatic heterocycles. The molecule has 0 N–H and O–H groups in total. The van der Waals surface area contributed by atoms with Crippen molar-refractivity contribution in [3.05, 3.63) is 35.4 Å². The van der Waals surface area contributed by atoms with Crippen molar-refractivity contribution in [2.75, 3.05) is 12.4 Å². The minimum absolute atomic E-state index is 0.214. The zero-order chi connectivity index (χ0) is 13.0. The molecule has 1 fully saturated rings. The minimum Gasteiger partial charge on any atom is -0.338 e. The summed E-state index contributed by atoms with van der Waals surface area (Å²) in [5, 5.41) is 0. The van der Waals surface area contributed by atoms with Gasteiger partial charge in [0.15, 0.2) is 0 Å². The van der Waals surface area contributed by atoms with Crippen LogP contribution in [0.5, 0.6) is 0 Å². The van der Waals surface area contributed by atoms with Crippen LogP contribution in [0.2, 0.25) is 0 Å². The average Bonchev–Trinajstić information content (AvgIpc) is 2.38. The Balaban J connectivity index is 2.02. The lowest BCUT2D eigenvalue weighted by Crippen LogP contribution is -2.45. The molecule has 0 saturated carbocycles. The number of rotatable bonds is 3. The summed E-state index contributed by atoms with van der Waals surface area (Å²) in [6.07, 6.45) is 3.83. The Kier molecular flexibility index (Phi) is 4.65. The first-order valence-electron chi connectivity index (χ1n) is 6.61. The maximum absolute atomic E-state index is 12.3. The molecule has 1 aliphatic rings. The summed E-state index contributed by atoms with van der Waals surface area (Å²) in [4.78, 5) is 14.3. The maximum atomic E-state index is 12.3. The van der Waals surface area contributed by atoms with Gasteiger partial charge in [0.1, 0.15) is 0 Å². The molecule has 2 rings (SSSR count). The fraction of sp³-hybridized carbons (Fsp3) is 0.533. The minimum atomic E-state index is 0.214. The van der Waals surface area contributed by atoms with Crippen molar-refractivity contribution in [2.24, 2.45) is 0 Å². The second-order valence-electron chi connectivity index (χ2n) is 5.06. The first kappa shape index (κ1) is 13.4. The number of hydrogen-bond acceptors (Lipinski definition) is 1. The van der Waals surface area contributed by atoms with Crippen LogP contribution in [0.15, 0.2) is 24.3 Å². The predicted octanol–water partition coefficient (Wildman–Crippen LogP) is 3.16. The van der Waals surface area contributed by atoms with Gasteiger partial charge in [0, 0.05) is 18.5 Å². The van der Waals surface area contributed by atoms with Crippen LogP contribution in [0.3, 0.4) is 0 Å². The SMILES string of the molecule is Cc1cccc(CC(=O)N2CCCCC2CCl)c1. The van der Waals surface area contributed by atoms with Crippen LogP contribution in [-0.2, 0) is 11.2 Å². The van der Waals surface area contributed by atoms with Crippen molar-refractivity contribution in [2.45, 2.75) is 38.6 Å². The van der Waals surface area contributed by atoms with E-state index in [1.165, 1.54) is 12.0 Å². The molecule has 98 valence electrons. The third-order valence-electron chi connectivity index (χ3n) is 3.56. The number of amides is 1. The van der Waals surface area contributed by atoms with Crippen LogP contribution >= 0.6 is 11.6 Å². The second-order valence-corrected chi connectivity index (χ2v) is 5.37. The summed E-state index contributed by atoms with van der Waals surface area (Å²) in [5.41, 5.74) is 2.30. The van der Waals surface area contributed by atoms with E-state index in [2.05, 4.69) is 19.1 Å². The third-order valence-corrected chi connectivity index (χ3v) is 3.92. The van der Waals surface area contributed by atoms with E-state index in [4.69, 9.17) is 11.6 Å². The lowest BCUT2D eigenvalue weighted by molar-refractivity contribution is -0.133. The summed E-state index contributed by atoms with van der Waals surface area (Å²) in [5.74, 6) is 0.769. The Labute approximate surface area is 114 Å². The number of halogens is 1. The number of piperidine rings is 1. The predicted molar refractivity (Wildman–Crippen MR) is 75.0 cm³/mol. The Hall–Kier alpha value is -1.02. The highest BCUT2D eigenvalue weighted by Crippen LogP contribution is 2.19. The molecule has 0 aliphatic carbocycles. The van der Waals surface area contributed by atoms with Gasteiger partial charge in [-0.3, -0.25) is 4.79 Å². The first-order valence-corrected chi connectivity index (χ1v) is 7.15. The molecule has 1 heterocycles. The Morgan fingerprint density at radius 2 is 2.28 bits per heavy atom. The lowest BCUT2D eigenvalue weighted by atomic mass is 10.0. The zero-order valence-electron chi connectivity index (χ0n) is 10.9. The number of nitrogens with zero attached hydrogens (tertiary/aromatic N) is 1. The van der Waals surface area contributed by atoms with Crippen LogP contribution in [0, 0.1) is 6.92 Å². The summed E-state index contributed by atoms with van der Waals surface area (Å²) < 4.78 is 0. The van der Waals surface area contributed by atoms with Gasteiger partial charge in [0.2, 0.25) is 5.91 Å². The van der Waals surface area contributed by atoms with Gasteiger partial charge in [-0.2, -0.15) is 0 Å². The molecule has 0 bridgehead atoms. The lowest BCUT2D eigenvalue weighted by Gasteiger charge is -2.34. The van der Waals surface area contributed by atoms with E-state index in [1.54, 1.807) is 0 Å². The van der Waals surface area contributed by atoms with E-state index < -0.39 is 0 Å². The summed E-state index contributed by atoms with van der Waals surface area (Å²) in [6.45, 7) is 2.92. The number of likely N-dealkylation sites (tertiary alicyclic amines) is 1. The van der Waals surface area contributed by atoms with Crippen molar-refractivity contribution in [3.63, 3.8) is 0 Å². The highest BCUT2D eigenvalue weighted by molar-refractivity contribution is 6.18. The van der Waals surface area contributed by atoms with E-state index in [-0.39, 0.29) is 11.9 Å². The van der Waals surface area contributed by atoms with Crippen LogP contribution in [0.4, 0.5) is 0 Å². The molecule has 1 unspecified atom stereocenters. The summed E-state index contributed by atoms with van der Waals surface area (Å²) in [7, 11) is 0. The van der Waals surface area contributed by atoms with E-state index in [0.717, 1.165) is 24.9 Å². The normalized spacial score (nSPS) is 19.9. The second kappa shape index (κ2) is 6.24. The number of benzene rings is 1. The molecule has 18 heavy (non-hydrogen) atoms. The quantitative estimate of drug-likeness (QED) is 0.769. The number of alkyl halides is 1. The first-order chi connectivity index (χ1) is 8.70. The fourth-order valence-corrected chi connectivity index (χ4v) is 2.91. The highest BCUT2D eigenvalue weighted by Gasteiger charge is 2.25. The zero-order valence-corrected chi connectivity index (χ0v) is 11.6. The van der Waals surface area contributed by atoms with Crippen LogP contribution in [0.1, 0.15) is 30.4 Å². The molecule has 0 radical (unpaired) electrons. The van der Waals surface area contributed by atoms with Gasteiger partial charge in [0.05, 0.1) is 6.42 Å². The van der Waals surface area contributed by atoms with E-state index in [1.807, 2.05) is 17.0 Å². The molecule has 2 nitrogen and oxygen atoms in total. The van der Waals surface area contributed by atoms with Crippen LogP contribution < -0.4 is 0 Å². The molecule has 0 spiro atoms. The largest absolute Gasteiger partial charge is 0.338 e. The van der Waals surface area contributed by atoms with E-state index in [0.29, 0.717) is 12.3 Å². The maximum Gasteiger partial charge on any atom is 0.227 e. The summed E-state index contributed by atoms with van der Waals surface area (Å²) >= 11 is 5.95.